The van der Waals surface area contributed by atoms with Crippen LogP contribution in [0.1, 0.15) is 32.1 Å². The third kappa shape index (κ3) is 5.33. The Morgan fingerprint density at radius 1 is 1.32 bits per heavy atom. The van der Waals surface area contributed by atoms with Gasteiger partial charge in [0.2, 0.25) is 0 Å². The standard InChI is InChI=1S/C15H19BrN2S/c16-13-7-4-8-14(11-13)18-15(19)17-10-9-12-5-2-1-3-6-12/h4-5,7-8,11H,1-3,6,9-10H2,(H2,17,18,19). The molecule has 1 aromatic carbocycles. The van der Waals surface area contributed by atoms with Gasteiger partial charge in [-0.3, -0.25) is 0 Å². The predicted molar refractivity (Wildman–Crippen MR) is 89.5 cm³/mol. The molecule has 4 heteroatoms. The Morgan fingerprint density at radius 3 is 2.95 bits per heavy atom. The van der Waals surface area contributed by atoms with E-state index in [9.17, 15) is 0 Å². The molecule has 2 N–H and O–H groups in total. The highest BCUT2D eigenvalue weighted by Crippen LogP contribution is 2.19. The zero-order valence-corrected chi connectivity index (χ0v) is 13.3. The van der Waals surface area contributed by atoms with Crippen LogP contribution in [0.15, 0.2) is 40.4 Å². The molecule has 1 aromatic rings. The van der Waals surface area contributed by atoms with E-state index in [1.165, 1.54) is 25.7 Å². The van der Waals surface area contributed by atoms with Gasteiger partial charge in [0.05, 0.1) is 0 Å². The Morgan fingerprint density at radius 2 is 2.21 bits per heavy atom. The number of anilines is 1. The number of hydrogen-bond donors (Lipinski definition) is 2. The molecule has 0 amide bonds. The number of rotatable bonds is 4. The van der Waals surface area contributed by atoms with Crippen LogP contribution in [0.25, 0.3) is 0 Å². The Hall–Kier alpha value is -0.870. The first-order chi connectivity index (χ1) is 9.24. The van der Waals surface area contributed by atoms with Gasteiger partial charge < -0.3 is 10.6 Å². The SMILES string of the molecule is S=C(NCCC1=CCCCC1)Nc1cccc(Br)c1. The molecule has 1 aliphatic carbocycles. The predicted octanol–water partition coefficient (Wildman–Crippen LogP) is 4.63. The molecule has 0 radical (unpaired) electrons. The van der Waals surface area contributed by atoms with Gasteiger partial charge in [-0.05, 0) is 62.5 Å². The Bertz CT molecular complexity index is 471. The van der Waals surface area contributed by atoms with Crippen LogP contribution in [0.4, 0.5) is 5.69 Å². The molecule has 0 unspecified atom stereocenters. The summed E-state index contributed by atoms with van der Waals surface area (Å²) in [6.45, 7) is 0.908. The first-order valence-corrected chi connectivity index (χ1v) is 7.92. The Labute approximate surface area is 128 Å². The minimum absolute atomic E-state index is 0.689. The van der Waals surface area contributed by atoms with Crippen molar-refractivity contribution in [1.82, 2.24) is 5.32 Å². The topological polar surface area (TPSA) is 24.1 Å². The van der Waals surface area contributed by atoms with Gasteiger partial charge in [0, 0.05) is 16.7 Å². The molecule has 0 aliphatic heterocycles. The molecule has 0 saturated carbocycles. The van der Waals surface area contributed by atoms with Crippen molar-refractivity contribution < 1.29 is 0 Å². The van der Waals surface area contributed by atoms with Crippen molar-refractivity contribution in [3.8, 4) is 0 Å². The summed E-state index contributed by atoms with van der Waals surface area (Å²) in [4.78, 5) is 0. The molecule has 0 fully saturated rings. The first kappa shape index (κ1) is 14.5. The number of benzene rings is 1. The number of hydrogen-bond acceptors (Lipinski definition) is 1. The van der Waals surface area contributed by atoms with Crippen LogP contribution in [0, 0.1) is 0 Å². The molecule has 2 rings (SSSR count). The summed E-state index contributed by atoms with van der Waals surface area (Å²) in [6.07, 6.45) is 8.67. The van der Waals surface area contributed by atoms with Gasteiger partial charge in [-0.25, -0.2) is 0 Å². The maximum atomic E-state index is 5.29. The second-order valence-corrected chi connectivity index (χ2v) is 6.07. The van der Waals surface area contributed by atoms with Crippen molar-refractivity contribution in [3.63, 3.8) is 0 Å². The lowest BCUT2D eigenvalue weighted by atomic mass is 9.97. The van der Waals surface area contributed by atoms with Crippen molar-refractivity contribution in [2.45, 2.75) is 32.1 Å². The number of thiocarbonyl (C=S) groups is 1. The van der Waals surface area contributed by atoms with Crippen molar-refractivity contribution >= 4 is 38.9 Å². The van der Waals surface area contributed by atoms with Crippen LogP contribution in [0.2, 0.25) is 0 Å². The second kappa shape index (κ2) is 7.65. The van der Waals surface area contributed by atoms with E-state index in [4.69, 9.17) is 12.2 Å². The smallest absolute Gasteiger partial charge is 0.170 e. The van der Waals surface area contributed by atoms with Gasteiger partial charge in [-0.15, -0.1) is 0 Å². The van der Waals surface area contributed by atoms with E-state index >= 15 is 0 Å². The average Bonchev–Trinajstić information content (AvgIpc) is 2.40. The number of halogens is 1. The van der Waals surface area contributed by atoms with Crippen molar-refractivity contribution in [1.29, 1.82) is 0 Å². The normalized spacial score (nSPS) is 14.7. The molecule has 0 bridgehead atoms. The third-order valence-corrected chi connectivity index (χ3v) is 3.94. The van der Waals surface area contributed by atoms with E-state index in [1.807, 2.05) is 24.3 Å². The maximum absolute atomic E-state index is 5.29. The Kier molecular flexibility index (Phi) is 5.86. The van der Waals surface area contributed by atoms with E-state index in [0.717, 1.165) is 23.1 Å². The van der Waals surface area contributed by atoms with Gasteiger partial charge in [-0.1, -0.05) is 33.6 Å². The molecule has 0 atom stereocenters. The zero-order chi connectivity index (χ0) is 13.5. The lowest BCUT2D eigenvalue weighted by molar-refractivity contribution is 0.669. The van der Waals surface area contributed by atoms with Crippen LogP contribution in [0.5, 0.6) is 0 Å². The second-order valence-electron chi connectivity index (χ2n) is 4.75. The van der Waals surface area contributed by atoms with Crippen LogP contribution in [-0.2, 0) is 0 Å². The van der Waals surface area contributed by atoms with Crippen LogP contribution < -0.4 is 10.6 Å². The third-order valence-electron chi connectivity index (χ3n) is 3.20. The fourth-order valence-electron chi connectivity index (χ4n) is 2.21. The maximum Gasteiger partial charge on any atom is 0.170 e. The summed E-state index contributed by atoms with van der Waals surface area (Å²) in [7, 11) is 0. The molecule has 0 spiro atoms. The van der Waals surface area contributed by atoms with Gasteiger partial charge in [0.1, 0.15) is 0 Å². The highest BCUT2D eigenvalue weighted by Gasteiger charge is 2.03. The minimum Gasteiger partial charge on any atom is -0.362 e. The van der Waals surface area contributed by atoms with Gasteiger partial charge in [0.15, 0.2) is 5.11 Å². The first-order valence-electron chi connectivity index (χ1n) is 6.72. The monoisotopic (exact) mass is 338 g/mol. The van der Waals surface area contributed by atoms with Crippen molar-refractivity contribution in [2.75, 3.05) is 11.9 Å². The molecule has 19 heavy (non-hydrogen) atoms. The summed E-state index contributed by atoms with van der Waals surface area (Å²) in [5.74, 6) is 0. The lowest BCUT2D eigenvalue weighted by Crippen LogP contribution is -2.29. The quantitative estimate of drug-likeness (QED) is 0.618. The molecule has 0 saturated heterocycles. The fraction of sp³-hybridized carbons (Fsp3) is 0.400. The van der Waals surface area contributed by atoms with E-state index in [1.54, 1.807) is 5.57 Å². The summed E-state index contributed by atoms with van der Waals surface area (Å²) in [5.41, 5.74) is 2.58. The number of nitrogens with one attached hydrogen (secondary N) is 2. The zero-order valence-electron chi connectivity index (χ0n) is 10.9. The molecule has 2 nitrogen and oxygen atoms in total. The Balaban J connectivity index is 1.71. The van der Waals surface area contributed by atoms with Crippen LogP contribution in [0.3, 0.4) is 0 Å². The fourth-order valence-corrected chi connectivity index (χ4v) is 2.83. The van der Waals surface area contributed by atoms with E-state index < -0.39 is 0 Å². The molecule has 1 aliphatic rings. The van der Waals surface area contributed by atoms with Gasteiger partial charge in [-0.2, -0.15) is 0 Å². The van der Waals surface area contributed by atoms with Gasteiger partial charge >= 0.3 is 0 Å². The molecule has 102 valence electrons. The van der Waals surface area contributed by atoms with E-state index in [-0.39, 0.29) is 0 Å². The van der Waals surface area contributed by atoms with Gasteiger partial charge in [0.25, 0.3) is 0 Å². The van der Waals surface area contributed by atoms with Crippen LogP contribution >= 0.6 is 28.1 Å². The molecular weight excluding hydrogens is 320 g/mol. The highest BCUT2D eigenvalue weighted by molar-refractivity contribution is 9.10. The summed E-state index contributed by atoms with van der Waals surface area (Å²) >= 11 is 8.73. The molecule has 0 aromatic heterocycles. The highest BCUT2D eigenvalue weighted by atomic mass is 79.9. The minimum atomic E-state index is 0.689. The van der Waals surface area contributed by atoms with Crippen LogP contribution in [-0.4, -0.2) is 11.7 Å². The van der Waals surface area contributed by atoms with E-state index in [2.05, 4.69) is 32.6 Å². The summed E-state index contributed by atoms with van der Waals surface area (Å²) < 4.78 is 1.05. The molecular formula is C15H19BrN2S. The average molecular weight is 339 g/mol. The molecule has 0 heterocycles. The summed E-state index contributed by atoms with van der Waals surface area (Å²) in [6, 6.07) is 8.00. The number of allylic oxidation sites excluding steroid dienone is 1. The van der Waals surface area contributed by atoms with Crippen molar-refractivity contribution in [2.24, 2.45) is 0 Å². The lowest BCUT2D eigenvalue weighted by Gasteiger charge is -2.14. The summed E-state index contributed by atoms with van der Waals surface area (Å²) in [5, 5.41) is 7.14. The largest absolute Gasteiger partial charge is 0.362 e. The van der Waals surface area contributed by atoms with E-state index in [0.29, 0.717) is 5.11 Å². The van der Waals surface area contributed by atoms with Crippen molar-refractivity contribution in [3.05, 3.63) is 40.4 Å².